The van der Waals surface area contributed by atoms with Gasteiger partial charge in [0.05, 0.1) is 18.7 Å². The van der Waals surface area contributed by atoms with Crippen molar-refractivity contribution in [1.82, 2.24) is 4.57 Å². The molecular weight excluding hydrogens is 256 g/mol. The first-order valence-corrected chi connectivity index (χ1v) is 6.50. The lowest BCUT2D eigenvalue weighted by Crippen LogP contribution is -2.55. The van der Waals surface area contributed by atoms with Crippen molar-refractivity contribution in [2.45, 2.75) is 19.4 Å². The Bertz CT molecular complexity index is 578. The molecule has 0 amide bonds. The minimum atomic E-state index is -0.386. The van der Waals surface area contributed by atoms with E-state index < -0.39 is 0 Å². The van der Waals surface area contributed by atoms with Gasteiger partial charge in [-0.05, 0) is 12.5 Å². The summed E-state index contributed by atoms with van der Waals surface area (Å²) in [7, 11) is 0. The van der Waals surface area contributed by atoms with Crippen molar-refractivity contribution in [2.24, 2.45) is 0 Å². The molecule has 20 heavy (non-hydrogen) atoms. The second kappa shape index (κ2) is 6.65. The lowest BCUT2D eigenvalue weighted by atomic mass is 9.99. The minimum Gasteiger partial charge on any atom is -0.465 e. The highest BCUT2D eigenvalue weighted by Crippen LogP contribution is 2.20. The van der Waals surface area contributed by atoms with E-state index in [2.05, 4.69) is 0 Å². The molecule has 0 aliphatic carbocycles. The number of carbonyl (C=O) groups excluding carboxylic acids is 1. The Balaban J connectivity index is 2.22. The van der Waals surface area contributed by atoms with Crippen LogP contribution in [0.5, 0.6) is 0 Å². The van der Waals surface area contributed by atoms with Gasteiger partial charge in [0, 0.05) is 28.9 Å². The summed E-state index contributed by atoms with van der Waals surface area (Å²) in [6, 6.07) is 11.2. The van der Waals surface area contributed by atoms with Crippen molar-refractivity contribution in [3.8, 4) is 0 Å². The summed E-state index contributed by atoms with van der Waals surface area (Å²) < 4.78 is 6.93. The Labute approximate surface area is 117 Å². The van der Waals surface area contributed by atoms with Gasteiger partial charge in [0.2, 0.25) is 0 Å². The first-order valence-electron chi connectivity index (χ1n) is 6.50. The molecule has 2 rings (SSSR count). The van der Waals surface area contributed by atoms with Crippen LogP contribution in [-0.2, 0) is 16.1 Å². The smallest absolute Gasteiger partial charge is 0.315 e. The molecule has 1 unspecified atom stereocenters. The van der Waals surface area contributed by atoms with Crippen LogP contribution in [0.1, 0.15) is 18.4 Å². The number of hydrogen-bond donors (Lipinski definition) is 1. The van der Waals surface area contributed by atoms with E-state index in [-0.39, 0.29) is 11.9 Å². The van der Waals surface area contributed by atoms with Crippen LogP contribution in [0.2, 0.25) is 0 Å². The number of esters is 1. The maximum atomic E-state index is 12.1. The average molecular weight is 273 g/mol. The summed E-state index contributed by atoms with van der Waals surface area (Å²) in [5, 5.41) is 1.83. The lowest BCUT2D eigenvalue weighted by molar-refractivity contribution is -0.379. The van der Waals surface area contributed by atoms with E-state index in [0.29, 0.717) is 18.8 Å². The zero-order valence-electron chi connectivity index (χ0n) is 11.3. The van der Waals surface area contributed by atoms with Crippen LogP contribution < -0.4 is 5.18 Å². The van der Waals surface area contributed by atoms with E-state index in [1.807, 2.05) is 35.5 Å². The maximum absolute atomic E-state index is 12.1. The van der Waals surface area contributed by atoms with E-state index in [9.17, 15) is 9.70 Å². The molecule has 0 saturated carbocycles. The fourth-order valence-electron chi connectivity index (χ4n) is 2.07. The summed E-state index contributed by atoms with van der Waals surface area (Å²) >= 11 is 0. The highest BCUT2D eigenvalue weighted by Gasteiger charge is 2.22. The van der Waals surface area contributed by atoms with Crippen LogP contribution in [0.4, 0.5) is 5.69 Å². The summed E-state index contributed by atoms with van der Waals surface area (Å²) in [5.74, 6) is -0.646. The van der Waals surface area contributed by atoms with E-state index >= 15 is 0 Å². The van der Waals surface area contributed by atoms with Crippen LogP contribution in [0.3, 0.4) is 0 Å². The molecule has 0 spiro atoms. The number of carbonyl (C=O) groups is 1. The van der Waals surface area contributed by atoms with Gasteiger partial charge in [-0.1, -0.05) is 30.3 Å². The summed E-state index contributed by atoms with van der Waals surface area (Å²) in [4.78, 5) is 22.7. The number of nitrogens with zero attached hydrogens (tertiary/aromatic N) is 1. The molecule has 1 aromatic heterocycles. The molecule has 1 heterocycles. The number of rotatable bonds is 6. The lowest BCUT2D eigenvalue weighted by Gasteiger charge is -2.16. The van der Waals surface area contributed by atoms with Crippen LogP contribution in [0, 0.1) is 4.91 Å². The van der Waals surface area contributed by atoms with Gasteiger partial charge in [-0.2, -0.15) is 0 Å². The normalized spacial score (nSPS) is 11.8. The average Bonchev–Trinajstić information content (AvgIpc) is 2.93. The zero-order chi connectivity index (χ0) is 14.4. The monoisotopic (exact) mass is 273 g/mol. The second-order valence-corrected chi connectivity index (χ2v) is 4.41. The van der Waals surface area contributed by atoms with Crippen molar-refractivity contribution in [1.29, 1.82) is 0 Å². The quantitative estimate of drug-likeness (QED) is 0.807. The van der Waals surface area contributed by atoms with Crippen LogP contribution >= 0.6 is 0 Å². The van der Waals surface area contributed by atoms with Gasteiger partial charge in [0.15, 0.2) is 0 Å². The van der Waals surface area contributed by atoms with E-state index in [1.165, 1.54) is 0 Å². The molecule has 5 nitrogen and oxygen atoms in total. The molecule has 0 fully saturated rings. The molecule has 104 valence electrons. The second-order valence-electron chi connectivity index (χ2n) is 4.41. The standard InChI is InChI=1S/C15H16N2O3/c1-2-20-15(18)14(12-6-4-3-5-7-12)11-17-9-8-13(10-17)16-19/h3-10,14H,2,11H2,1H3/p+1. The van der Waals surface area contributed by atoms with Crippen molar-refractivity contribution in [3.05, 3.63) is 59.3 Å². The van der Waals surface area contributed by atoms with Gasteiger partial charge >= 0.3 is 5.97 Å². The third kappa shape index (κ3) is 3.32. The molecule has 1 atom stereocenters. The predicted octanol–water partition coefficient (Wildman–Crippen LogP) is 1.31. The summed E-state index contributed by atoms with van der Waals surface area (Å²) in [5.41, 5.74) is 1.37. The number of benzene rings is 1. The van der Waals surface area contributed by atoms with Crippen LogP contribution in [0.15, 0.2) is 48.8 Å². The van der Waals surface area contributed by atoms with Gasteiger partial charge in [-0.15, -0.1) is 0 Å². The number of aromatic nitrogens is 1. The van der Waals surface area contributed by atoms with Gasteiger partial charge in [0.25, 0.3) is 5.69 Å². The van der Waals surface area contributed by atoms with Crippen molar-refractivity contribution in [3.63, 3.8) is 0 Å². The Morgan fingerprint density at radius 2 is 2.05 bits per heavy atom. The predicted molar refractivity (Wildman–Crippen MR) is 74.2 cm³/mol. The topological polar surface area (TPSA) is 62.3 Å². The van der Waals surface area contributed by atoms with Crippen LogP contribution in [-0.4, -0.2) is 17.1 Å². The third-order valence-electron chi connectivity index (χ3n) is 3.03. The molecule has 5 heteroatoms. The zero-order valence-corrected chi connectivity index (χ0v) is 11.3. The van der Waals surface area contributed by atoms with Crippen LogP contribution in [0.25, 0.3) is 0 Å². The SMILES string of the molecule is CCOC(=O)C(Cn1ccc([NH+]=O)c1)c1ccccc1. The van der Waals surface area contributed by atoms with Gasteiger partial charge in [-0.25, -0.2) is 0 Å². The molecule has 0 radical (unpaired) electrons. The number of ether oxygens (including phenoxy) is 1. The molecular formula is C15H17N2O3+. The molecule has 0 aliphatic heterocycles. The Morgan fingerprint density at radius 3 is 2.65 bits per heavy atom. The van der Waals surface area contributed by atoms with Crippen molar-refractivity contribution >= 4 is 11.7 Å². The van der Waals surface area contributed by atoms with Gasteiger partial charge < -0.3 is 9.30 Å². The number of nitrogens with one attached hydrogen (secondary N) is 1. The first-order chi connectivity index (χ1) is 9.74. The third-order valence-corrected chi connectivity index (χ3v) is 3.03. The Hall–Kier alpha value is -2.43. The number of nitroso groups, excluding NO2 is 1. The highest BCUT2D eigenvalue weighted by molar-refractivity contribution is 5.78. The first kappa shape index (κ1) is 14.0. The van der Waals surface area contributed by atoms with E-state index in [4.69, 9.17) is 4.74 Å². The molecule has 0 aliphatic rings. The van der Waals surface area contributed by atoms with Crippen molar-refractivity contribution < 1.29 is 14.7 Å². The summed E-state index contributed by atoms with van der Waals surface area (Å²) in [6.07, 6.45) is 3.43. The largest absolute Gasteiger partial charge is 0.465 e. The van der Waals surface area contributed by atoms with Crippen molar-refractivity contribution in [2.75, 3.05) is 6.61 Å². The highest BCUT2D eigenvalue weighted by atomic mass is 16.5. The molecule has 0 saturated heterocycles. The maximum Gasteiger partial charge on any atom is 0.315 e. The van der Waals surface area contributed by atoms with E-state index in [1.54, 1.807) is 30.0 Å². The molecule has 1 aromatic carbocycles. The van der Waals surface area contributed by atoms with E-state index in [0.717, 1.165) is 5.56 Å². The molecule has 1 N–H and O–H groups in total. The molecule has 0 bridgehead atoms. The van der Waals surface area contributed by atoms with Gasteiger partial charge in [0.1, 0.15) is 0 Å². The Morgan fingerprint density at radius 1 is 1.30 bits per heavy atom. The Kier molecular flexibility index (Phi) is 4.65. The minimum absolute atomic E-state index is 0.260. The summed E-state index contributed by atoms with van der Waals surface area (Å²) in [6.45, 7) is 2.57. The van der Waals surface area contributed by atoms with Gasteiger partial charge in [-0.3, -0.25) is 4.79 Å². The fraction of sp³-hybridized carbons (Fsp3) is 0.267. The number of hydrogen-bond acceptors (Lipinski definition) is 3. The fourth-order valence-corrected chi connectivity index (χ4v) is 2.07. The molecule has 2 aromatic rings.